The van der Waals surface area contributed by atoms with E-state index in [-0.39, 0.29) is 18.1 Å². The molecule has 4 rings (SSSR count). The van der Waals surface area contributed by atoms with Crippen LogP contribution in [-0.2, 0) is 19.6 Å². The molecule has 0 bridgehead atoms. The van der Waals surface area contributed by atoms with Crippen LogP contribution in [0.4, 0.5) is 4.79 Å². The fraction of sp³-hybridized carbons (Fsp3) is 0.423. The molecule has 0 saturated carbocycles. The van der Waals surface area contributed by atoms with Crippen LogP contribution in [0, 0.1) is 0 Å². The van der Waals surface area contributed by atoms with Crippen LogP contribution in [0.1, 0.15) is 30.3 Å². The molecule has 1 fully saturated rings. The second-order valence-corrected chi connectivity index (χ2v) is 9.59. The molecular formula is C26H33ClN6O2. The first-order chi connectivity index (χ1) is 16.9. The number of piperazine rings is 1. The van der Waals surface area contributed by atoms with E-state index in [0.717, 1.165) is 44.7 Å². The lowest BCUT2D eigenvalue weighted by molar-refractivity contribution is 0.148. The third-order valence-electron chi connectivity index (χ3n) is 6.31. The summed E-state index contributed by atoms with van der Waals surface area (Å²) in [4.78, 5) is 39.2. The molecule has 2 N–H and O–H groups in total. The quantitative estimate of drug-likeness (QED) is 0.499. The van der Waals surface area contributed by atoms with Gasteiger partial charge in [0.25, 0.3) is 5.56 Å². The fourth-order valence-electron chi connectivity index (χ4n) is 4.26. The zero-order valence-electron chi connectivity index (χ0n) is 20.4. The second-order valence-electron chi connectivity index (χ2n) is 9.15. The molecule has 1 aliphatic rings. The number of rotatable bonds is 8. The third kappa shape index (κ3) is 6.81. The van der Waals surface area contributed by atoms with Crippen molar-refractivity contribution in [2.45, 2.75) is 33.0 Å². The molecule has 186 valence electrons. The molecule has 0 unspecified atom stereocenters. The summed E-state index contributed by atoms with van der Waals surface area (Å²) >= 11 is 6.06. The average molecular weight is 497 g/mol. The largest absolute Gasteiger partial charge is 0.334 e. The van der Waals surface area contributed by atoms with E-state index in [4.69, 9.17) is 11.6 Å². The number of urea groups is 1. The van der Waals surface area contributed by atoms with Crippen LogP contribution in [0.15, 0.2) is 47.3 Å². The van der Waals surface area contributed by atoms with Crippen molar-refractivity contribution in [3.8, 4) is 0 Å². The molecule has 1 aliphatic heterocycles. The maximum absolute atomic E-state index is 12.9. The number of likely N-dealkylation sites (N-methyl/N-ethyl adjacent to an activating group) is 1. The number of hydrogen-bond donors (Lipinski definition) is 2. The number of aromatic amines is 1. The Morgan fingerprint density at radius 3 is 2.54 bits per heavy atom. The highest BCUT2D eigenvalue weighted by Crippen LogP contribution is 2.15. The lowest BCUT2D eigenvalue weighted by Crippen LogP contribution is -2.43. The highest BCUT2D eigenvalue weighted by molar-refractivity contribution is 6.31. The van der Waals surface area contributed by atoms with Crippen molar-refractivity contribution < 1.29 is 4.79 Å². The normalized spacial score (nSPS) is 14.8. The van der Waals surface area contributed by atoms with Crippen LogP contribution in [-0.4, -0.2) is 70.5 Å². The van der Waals surface area contributed by atoms with Gasteiger partial charge in [0.15, 0.2) is 0 Å². The number of nitrogens with zero attached hydrogens (tertiary/aromatic N) is 4. The molecule has 0 spiro atoms. The molecule has 3 aromatic rings. The minimum Gasteiger partial charge on any atom is -0.334 e. The molecule has 8 nitrogen and oxygen atoms in total. The van der Waals surface area contributed by atoms with Gasteiger partial charge in [0, 0.05) is 50.8 Å². The molecule has 9 heteroatoms. The number of halogens is 1. The molecule has 1 aromatic heterocycles. The predicted octanol–water partition coefficient (Wildman–Crippen LogP) is 3.45. The van der Waals surface area contributed by atoms with Crippen molar-refractivity contribution in [3.05, 3.63) is 74.8 Å². The number of H-pyrrole nitrogens is 1. The Balaban J connectivity index is 1.35. The van der Waals surface area contributed by atoms with E-state index in [1.54, 1.807) is 23.1 Å². The number of carbonyl (C=O) groups is 1. The predicted molar refractivity (Wildman–Crippen MR) is 140 cm³/mol. The summed E-state index contributed by atoms with van der Waals surface area (Å²) in [6.07, 6.45) is 0.790. The third-order valence-corrected chi connectivity index (χ3v) is 6.54. The minimum absolute atomic E-state index is 0.192. The molecule has 0 aliphatic carbocycles. The number of carbonyl (C=O) groups excluding carboxylic acids is 1. The summed E-state index contributed by atoms with van der Waals surface area (Å²) in [6, 6.07) is 13.2. The summed E-state index contributed by atoms with van der Waals surface area (Å²) < 4.78 is 0. The second kappa shape index (κ2) is 11.7. The van der Waals surface area contributed by atoms with E-state index >= 15 is 0 Å². The van der Waals surface area contributed by atoms with E-state index in [9.17, 15) is 9.59 Å². The summed E-state index contributed by atoms with van der Waals surface area (Å²) in [7, 11) is 2.16. The van der Waals surface area contributed by atoms with Crippen molar-refractivity contribution in [2.75, 3.05) is 39.8 Å². The molecule has 35 heavy (non-hydrogen) atoms. The van der Waals surface area contributed by atoms with Crippen LogP contribution in [0.2, 0.25) is 5.02 Å². The maximum Gasteiger partial charge on any atom is 0.318 e. The maximum atomic E-state index is 12.9. The number of aromatic nitrogens is 2. The molecule has 0 atom stereocenters. The highest BCUT2D eigenvalue weighted by atomic mass is 35.5. The topological polar surface area (TPSA) is 84.6 Å². The van der Waals surface area contributed by atoms with E-state index in [1.165, 1.54) is 5.56 Å². The molecule has 2 aromatic carbocycles. The SMILES string of the molecule is CCCN(Cc1nc2cc(Cl)ccc2c(=O)[nH]1)C(=O)NCc1ccc(CN2CCN(C)CC2)cc1. The van der Waals surface area contributed by atoms with Gasteiger partial charge in [-0.1, -0.05) is 42.8 Å². The molecule has 0 radical (unpaired) electrons. The number of amides is 2. The molecule has 1 saturated heterocycles. The van der Waals surface area contributed by atoms with Gasteiger partial charge >= 0.3 is 6.03 Å². The van der Waals surface area contributed by atoms with Gasteiger partial charge in [-0.25, -0.2) is 9.78 Å². The first-order valence-corrected chi connectivity index (χ1v) is 12.5. The van der Waals surface area contributed by atoms with Gasteiger partial charge in [-0.15, -0.1) is 0 Å². The number of hydrogen-bond acceptors (Lipinski definition) is 5. The molecular weight excluding hydrogens is 464 g/mol. The van der Waals surface area contributed by atoms with Gasteiger partial charge in [0.2, 0.25) is 0 Å². The lowest BCUT2D eigenvalue weighted by atomic mass is 10.1. The first kappa shape index (κ1) is 25.2. The van der Waals surface area contributed by atoms with Crippen molar-refractivity contribution in [1.29, 1.82) is 0 Å². The number of benzene rings is 2. The monoisotopic (exact) mass is 496 g/mol. The van der Waals surface area contributed by atoms with Crippen LogP contribution in [0.5, 0.6) is 0 Å². The average Bonchev–Trinajstić information content (AvgIpc) is 2.84. The van der Waals surface area contributed by atoms with Crippen molar-refractivity contribution in [3.63, 3.8) is 0 Å². The van der Waals surface area contributed by atoms with Gasteiger partial charge in [-0.3, -0.25) is 9.69 Å². The van der Waals surface area contributed by atoms with Crippen molar-refractivity contribution in [2.24, 2.45) is 0 Å². The van der Waals surface area contributed by atoms with Gasteiger partial charge in [-0.05, 0) is 42.8 Å². The van der Waals surface area contributed by atoms with E-state index in [0.29, 0.717) is 34.8 Å². The van der Waals surface area contributed by atoms with E-state index < -0.39 is 0 Å². The Hall–Kier alpha value is -2.94. The van der Waals surface area contributed by atoms with Crippen LogP contribution in [0.25, 0.3) is 10.9 Å². The zero-order valence-corrected chi connectivity index (χ0v) is 21.1. The van der Waals surface area contributed by atoms with E-state index in [1.807, 2.05) is 6.92 Å². The van der Waals surface area contributed by atoms with Gasteiger partial charge in [0.05, 0.1) is 17.4 Å². The Morgan fingerprint density at radius 2 is 1.83 bits per heavy atom. The number of fused-ring (bicyclic) bond motifs is 1. The minimum atomic E-state index is -0.241. The van der Waals surface area contributed by atoms with Crippen LogP contribution < -0.4 is 10.9 Å². The van der Waals surface area contributed by atoms with Crippen molar-refractivity contribution >= 4 is 28.5 Å². The Morgan fingerprint density at radius 1 is 1.11 bits per heavy atom. The summed E-state index contributed by atoms with van der Waals surface area (Å²) in [6.45, 7) is 8.55. The summed E-state index contributed by atoms with van der Waals surface area (Å²) in [5.41, 5.74) is 2.60. The highest BCUT2D eigenvalue weighted by Gasteiger charge is 2.16. The van der Waals surface area contributed by atoms with Crippen molar-refractivity contribution in [1.82, 2.24) is 30.0 Å². The van der Waals surface area contributed by atoms with Gasteiger partial charge < -0.3 is 20.1 Å². The lowest BCUT2D eigenvalue weighted by Gasteiger charge is -2.32. The van der Waals surface area contributed by atoms with Crippen LogP contribution >= 0.6 is 11.6 Å². The smallest absolute Gasteiger partial charge is 0.318 e. The fourth-order valence-corrected chi connectivity index (χ4v) is 4.42. The zero-order chi connectivity index (χ0) is 24.8. The molecule has 2 heterocycles. The van der Waals surface area contributed by atoms with Crippen LogP contribution in [0.3, 0.4) is 0 Å². The summed E-state index contributed by atoms with van der Waals surface area (Å²) in [5, 5.41) is 3.99. The van der Waals surface area contributed by atoms with E-state index in [2.05, 4.69) is 56.4 Å². The standard InChI is InChI=1S/C26H33ClN6O2/c1-3-10-33(18-24-29-23-15-21(27)8-9-22(23)25(34)30-24)26(35)28-16-19-4-6-20(7-5-19)17-32-13-11-31(2)12-14-32/h4-9,15H,3,10-14,16-18H2,1-2H3,(H,28,35)(H,29,30,34). The number of nitrogens with one attached hydrogen (secondary N) is 2. The Kier molecular flexibility index (Phi) is 8.38. The first-order valence-electron chi connectivity index (χ1n) is 12.1. The summed E-state index contributed by atoms with van der Waals surface area (Å²) in [5.74, 6) is 0.432. The van der Waals surface area contributed by atoms with Gasteiger partial charge in [0.1, 0.15) is 5.82 Å². The van der Waals surface area contributed by atoms with Gasteiger partial charge in [-0.2, -0.15) is 0 Å². The Labute approximate surface area is 210 Å². The Bertz CT molecular complexity index is 1200. The molecule has 2 amide bonds.